The smallest absolute Gasteiger partial charge is 0.126 e. The summed E-state index contributed by atoms with van der Waals surface area (Å²) in [5.41, 5.74) is 0.489. The summed E-state index contributed by atoms with van der Waals surface area (Å²) in [4.78, 5) is 4.73. The fourth-order valence-electron chi connectivity index (χ4n) is 6.06. The molecule has 116 valence electrons. The molecule has 1 atom stereocenters. The Morgan fingerprint density at radius 3 is 2.33 bits per heavy atom. The van der Waals surface area contributed by atoms with E-state index in [2.05, 4.69) is 30.1 Å². The zero-order valence-electron chi connectivity index (χ0n) is 13.5. The number of nitrogens with zero attached hydrogens (tertiary/aromatic N) is 2. The number of rotatable bonds is 5. The maximum atomic E-state index is 4.73. The van der Waals surface area contributed by atoms with E-state index in [4.69, 9.17) is 4.98 Å². The lowest BCUT2D eigenvalue weighted by molar-refractivity contribution is -0.0768. The number of aromatic nitrogens is 2. The fraction of sp³-hybridized carbons (Fsp3) is 0.833. The second-order valence-electron chi connectivity index (χ2n) is 8.06. The van der Waals surface area contributed by atoms with Crippen molar-refractivity contribution in [2.45, 2.75) is 57.9 Å². The third-order valence-electron chi connectivity index (χ3n) is 6.41. The molecule has 21 heavy (non-hydrogen) atoms. The maximum absolute atomic E-state index is 4.73. The first kappa shape index (κ1) is 13.8. The van der Waals surface area contributed by atoms with Gasteiger partial charge in [0.25, 0.3) is 0 Å². The molecule has 0 amide bonds. The summed E-state index contributed by atoms with van der Waals surface area (Å²) in [7, 11) is 2.16. The van der Waals surface area contributed by atoms with Crippen LogP contribution in [0, 0.1) is 23.2 Å². The predicted octanol–water partition coefficient (Wildman–Crippen LogP) is 3.68. The number of hydrogen-bond acceptors (Lipinski definition) is 2. The van der Waals surface area contributed by atoms with Crippen LogP contribution in [0.3, 0.4) is 0 Å². The van der Waals surface area contributed by atoms with Gasteiger partial charge in [-0.3, -0.25) is 0 Å². The van der Waals surface area contributed by atoms with Gasteiger partial charge in [-0.25, -0.2) is 4.98 Å². The van der Waals surface area contributed by atoms with Gasteiger partial charge in [0.05, 0.1) is 6.04 Å². The van der Waals surface area contributed by atoms with E-state index in [1.807, 2.05) is 6.20 Å². The van der Waals surface area contributed by atoms with E-state index in [1.165, 1.54) is 50.8 Å². The van der Waals surface area contributed by atoms with Crippen molar-refractivity contribution in [2.24, 2.45) is 30.2 Å². The molecule has 0 aliphatic heterocycles. The van der Waals surface area contributed by atoms with Gasteiger partial charge in [-0.05, 0) is 74.7 Å². The van der Waals surface area contributed by atoms with E-state index in [9.17, 15) is 0 Å². The third-order valence-corrected chi connectivity index (χ3v) is 6.41. The van der Waals surface area contributed by atoms with Crippen LogP contribution >= 0.6 is 0 Å². The number of imidazole rings is 1. The quantitative estimate of drug-likeness (QED) is 0.895. The van der Waals surface area contributed by atoms with Crippen molar-refractivity contribution in [1.29, 1.82) is 0 Å². The third kappa shape index (κ3) is 2.25. The van der Waals surface area contributed by atoms with E-state index in [0.29, 0.717) is 11.5 Å². The molecule has 4 fully saturated rings. The first-order chi connectivity index (χ1) is 10.2. The normalized spacial score (nSPS) is 38.9. The van der Waals surface area contributed by atoms with E-state index >= 15 is 0 Å². The van der Waals surface area contributed by atoms with Crippen LogP contribution in [0.4, 0.5) is 0 Å². The zero-order chi connectivity index (χ0) is 14.4. The van der Waals surface area contributed by atoms with E-state index in [-0.39, 0.29) is 0 Å². The maximum Gasteiger partial charge on any atom is 0.126 e. The van der Waals surface area contributed by atoms with Crippen molar-refractivity contribution < 1.29 is 0 Å². The van der Waals surface area contributed by atoms with Crippen LogP contribution in [-0.2, 0) is 7.05 Å². The van der Waals surface area contributed by atoms with Crippen molar-refractivity contribution in [3.05, 3.63) is 18.2 Å². The Hall–Kier alpha value is -0.830. The van der Waals surface area contributed by atoms with Gasteiger partial charge >= 0.3 is 0 Å². The Bertz CT molecular complexity index is 469. The van der Waals surface area contributed by atoms with E-state index in [0.717, 1.165) is 24.3 Å². The molecule has 4 aliphatic rings. The molecule has 0 radical (unpaired) electrons. The molecule has 0 aromatic carbocycles. The monoisotopic (exact) mass is 287 g/mol. The summed E-state index contributed by atoms with van der Waals surface area (Å²) in [6, 6.07) is 0.464. The molecule has 0 spiro atoms. The van der Waals surface area contributed by atoms with Gasteiger partial charge in [0.2, 0.25) is 0 Å². The average Bonchev–Trinajstić information content (AvgIpc) is 2.84. The summed E-state index contributed by atoms with van der Waals surface area (Å²) in [6.45, 7) is 3.38. The topological polar surface area (TPSA) is 29.9 Å². The Kier molecular flexibility index (Phi) is 3.36. The van der Waals surface area contributed by atoms with Crippen molar-refractivity contribution in [1.82, 2.24) is 14.9 Å². The molecular weight excluding hydrogens is 258 g/mol. The van der Waals surface area contributed by atoms with Crippen molar-refractivity contribution in [2.75, 3.05) is 6.54 Å². The highest BCUT2D eigenvalue weighted by Gasteiger charge is 2.55. The standard InChI is InChI=1S/C18H29N3/c1-3-4-19-16(17-20-5-6-21(17)2)18-10-13-7-14(11-18)9-15(8-13)12-18/h5-6,13-16,19H,3-4,7-12H2,1-2H3. The first-order valence-electron chi connectivity index (χ1n) is 8.91. The van der Waals surface area contributed by atoms with Crippen LogP contribution in [0.2, 0.25) is 0 Å². The minimum Gasteiger partial charge on any atom is -0.337 e. The lowest BCUT2D eigenvalue weighted by Crippen LogP contribution is -2.52. The summed E-state index contributed by atoms with van der Waals surface area (Å²) < 4.78 is 2.24. The second kappa shape index (κ2) is 5.12. The van der Waals surface area contributed by atoms with Crippen LogP contribution in [0.5, 0.6) is 0 Å². The van der Waals surface area contributed by atoms with Crippen LogP contribution in [0.25, 0.3) is 0 Å². The minimum absolute atomic E-state index is 0.464. The highest BCUT2D eigenvalue weighted by atomic mass is 15.1. The Labute approximate surface area is 128 Å². The van der Waals surface area contributed by atoms with Gasteiger partial charge in [-0.2, -0.15) is 0 Å². The summed E-state index contributed by atoms with van der Waals surface area (Å²) in [5, 5.41) is 3.89. The van der Waals surface area contributed by atoms with Crippen LogP contribution in [0.1, 0.15) is 63.7 Å². The predicted molar refractivity (Wildman–Crippen MR) is 84.8 cm³/mol. The van der Waals surface area contributed by atoms with Crippen LogP contribution in [-0.4, -0.2) is 16.1 Å². The Morgan fingerprint density at radius 2 is 1.86 bits per heavy atom. The molecule has 1 heterocycles. The highest BCUT2D eigenvalue weighted by molar-refractivity contribution is 5.12. The summed E-state index contributed by atoms with van der Waals surface area (Å²) in [5.74, 6) is 4.28. The summed E-state index contributed by atoms with van der Waals surface area (Å²) >= 11 is 0. The van der Waals surface area contributed by atoms with E-state index in [1.54, 1.807) is 0 Å². The van der Waals surface area contributed by atoms with Crippen molar-refractivity contribution in [3.8, 4) is 0 Å². The molecule has 1 aromatic heterocycles. The lowest BCUT2D eigenvalue weighted by atomic mass is 9.47. The number of hydrogen-bond donors (Lipinski definition) is 1. The Balaban J connectivity index is 1.68. The highest BCUT2D eigenvalue weighted by Crippen LogP contribution is 2.63. The van der Waals surface area contributed by atoms with Crippen LogP contribution < -0.4 is 5.32 Å². The van der Waals surface area contributed by atoms with Crippen molar-refractivity contribution in [3.63, 3.8) is 0 Å². The molecule has 3 heteroatoms. The SMILES string of the molecule is CCCNC(c1nccn1C)C12CC3CC(CC(C3)C1)C2. The molecular formula is C18H29N3. The molecule has 3 nitrogen and oxygen atoms in total. The zero-order valence-corrected chi connectivity index (χ0v) is 13.5. The second-order valence-corrected chi connectivity index (χ2v) is 8.06. The molecule has 1 unspecified atom stereocenters. The van der Waals surface area contributed by atoms with Gasteiger partial charge in [0.1, 0.15) is 5.82 Å². The lowest BCUT2D eigenvalue weighted by Gasteiger charge is -2.59. The number of nitrogens with one attached hydrogen (secondary N) is 1. The first-order valence-corrected chi connectivity index (χ1v) is 8.91. The van der Waals surface area contributed by atoms with Gasteiger partial charge in [-0.15, -0.1) is 0 Å². The number of aryl methyl sites for hydroxylation is 1. The van der Waals surface area contributed by atoms with Gasteiger partial charge in [0, 0.05) is 19.4 Å². The molecule has 5 rings (SSSR count). The largest absolute Gasteiger partial charge is 0.337 e. The van der Waals surface area contributed by atoms with Crippen LogP contribution in [0.15, 0.2) is 12.4 Å². The molecule has 4 saturated carbocycles. The molecule has 4 bridgehead atoms. The van der Waals surface area contributed by atoms with Gasteiger partial charge in [0.15, 0.2) is 0 Å². The minimum atomic E-state index is 0.464. The van der Waals surface area contributed by atoms with Gasteiger partial charge < -0.3 is 9.88 Å². The van der Waals surface area contributed by atoms with Gasteiger partial charge in [-0.1, -0.05) is 6.92 Å². The summed E-state index contributed by atoms with van der Waals surface area (Å²) in [6.07, 6.45) is 14.1. The fourth-order valence-corrected chi connectivity index (χ4v) is 6.06. The molecule has 1 N–H and O–H groups in total. The van der Waals surface area contributed by atoms with Crippen molar-refractivity contribution >= 4 is 0 Å². The average molecular weight is 287 g/mol. The molecule has 1 aromatic rings. The molecule has 0 saturated heterocycles. The Morgan fingerprint density at radius 1 is 1.24 bits per heavy atom. The molecule has 4 aliphatic carbocycles. The van der Waals surface area contributed by atoms with E-state index < -0.39 is 0 Å².